The van der Waals surface area contributed by atoms with E-state index in [4.69, 9.17) is 0 Å². The van der Waals surface area contributed by atoms with Crippen LogP contribution in [0.15, 0.2) is 35.8 Å². The summed E-state index contributed by atoms with van der Waals surface area (Å²) >= 11 is 1.61. The lowest BCUT2D eigenvalue weighted by atomic mass is 10.2. The van der Waals surface area contributed by atoms with E-state index in [0.717, 1.165) is 4.88 Å². The van der Waals surface area contributed by atoms with Gasteiger partial charge in [-0.3, -0.25) is 4.79 Å². The fraction of sp³-hybridized carbons (Fsp3) is 0.231. The number of nitrogens with zero attached hydrogens (tertiary/aromatic N) is 2. The van der Waals surface area contributed by atoms with E-state index in [1.54, 1.807) is 22.3 Å². The Morgan fingerprint density at radius 3 is 2.89 bits per heavy atom. The Bertz CT molecular complexity index is 526. The van der Waals surface area contributed by atoms with Crippen LogP contribution in [0, 0.1) is 0 Å². The summed E-state index contributed by atoms with van der Waals surface area (Å²) in [5.41, 5.74) is 0.107. The molecule has 2 aromatic rings. The van der Waals surface area contributed by atoms with E-state index in [-0.39, 0.29) is 17.4 Å². The molecule has 18 heavy (non-hydrogen) atoms. The first-order valence-electron chi connectivity index (χ1n) is 5.68. The Balaban J connectivity index is 2.18. The molecule has 0 saturated heterocycles. The van der Waals surface area contributed by atoms with E-state index in [1.165, 1.54) is 12.3 Å². The van der Waals surface area contributed by atoms with Gasteiger partial charge in [-0.2, -0.15) is 0 Å². The first kappa shape index (κ1) is 12.6. The van der Waals surface area contributed by atoms with Gasteiger partial charge >= 0.3 is 0 Å². The molecule has 5 heteroatoms. The first-order chi connectivity index (χ1) is 8.72. The molecule has 94 valence electrons. The zero-order valence-electron chi connectivity index (χ0n) is 10.0. The normalized spacial score (nSPS) is 10.3. The lowest BCUT2D eigenvalue weighted by Crippen LogP contribution is -2.30. The van der Waals surface area contributed by atoms with Crippen molar-refractivity contribution in [1.29, 1.82) is 0 Å². The molecule has 0 unspecified atom stereocenters. The molecule has 0 bridgehead atoms. The summed E-state index contributed by atoms with van der Waals surface area (Å²) in [6, 6.07) is 7.01. The predicted molar refractivity (Wildman–Crippen MR) is 70.6 cm³/mol. The molecule has 4 nitrogen and oxygen atoms in total. The average Bonchev–Trinajstić information content (AvgIpc) is 2.88. The van der Waals surface area contributed by atoms with Gasteiger partial charge in [-0.1, -0.05) is 6.07 Å². The molecule has 2 aromatic heterocycles. The van der Waals surface area contributed by atoms with Gasteiger partial charge in [0.05, 0.1) is 6.54 Å². The Morgan fingerprint density at radius 2 is 2.28 bits per heavy atom. The van der Waals surface area contributed by atoms with Gasteiger partial charge in [0, 0.05) is 17.6 Å². The maximum Gasteiger partial charge on any atom is 0.276 e. The highest BCUT2D eigenvalue weighted by atomic mass is 32.1. The van der Waals surface area contributed by atoms with Crippen LogP contribution in [-0.4, -0.2) is 27.4 Å². The second kappa shape index (κ2) is 5.64. The number of carbonyl (C=O) groups excluding carboxylic acids is 1. The fourth-order valence-electron chi connectivity index (χ4n) is 1.63. The van der Waals surface area contributed by atoms with Crippen molar-refractivity contribution in [2.75, 3.05) is 6.54 Å². The molecule has 0 spiro atoms. The minimum Gasteiger partial charge on any atom is -0.505 e. The summed E-state index contributed by atoms with van der Waals surface area (Å²) < 4.78 is 0. The number of thiophene rings is 1. The molecule has 0 radical (unpaired) electrons. The number of aromatic nitrogens is 1. The lowest BCUT2D eigenvalue weighted by molar-refractivity contribution is 0.0745. The summed E-state index contributed by atoms with van der Waals surface area (Å²) in [7, 11) is 0. The zero-order valence-corrected chi connectivity index (χ0v) is 10.9. The van der Waals surface area contributed by atoms with E-state index in [1.807, 2.05) is 24.4 Å². The molecular formula is C13H14N2O2S. The Morgan fingerprint density at radius 1 is 1.44 bits per heavy atom. The molecule has 0 aromatic carbocycles. The molecule has 0 aliphatic rings. The molecule has 0 fully saturated rings. The quantitative estimate of drug-likeness (QED) is 0.921. The number of pyridine rings is 1. The van der Waals surface area contributed by atoms with Crippen LogP contribution in [0.25, 0.3) is 0 Å². The summed E-state index contributed by atoms with van der Waals surface area (Å²) in [6.07, 6.45) is 1.51. The van der Waals surface area contributed by atoms with Crippen LogP contribution in [-0.2, 0) is 6.54 Å². The van der Waals surface area contributed by atoms with Gasteiger partial charge in [-0.25, -0.2) is 4.98 Å². The van der Waals surface area contributed by atoms with Crippen molar-refractivity contribution in [3.05, 3.63) is 46.4 Å². The van der Waals surface area contributed by atoms with Crippen molar-refractivity contribution in [2.24, 2.45) is 0 Å². The SMILES string of the molecule is CCN(Cc1cccs1)C(=O)c1ncccc1O. The molecule has 2 rings (SSSR count). The van der Waals surface area contributed by atoms with Gasteiger partial charge in [0.15, 0.2) is 5.69 Å². The van der Waals surface area contributed by atoms with Crippen molar-refractivity contribution in [2.45, 2.75) is 13.5 Å². The van der Waals surface area contributed by atoms with E-state index < -0.39 is 0 Å². The second-order valence-corrected chi connectivity index (χ2v) is 4.80. The third-order valence-electron chi connectivity index (χ3n) is 2.58. The maximum atomic E-state index is 12.2. The largest absolute Gasteiger partial charge is 0.505 e. The van der Waals surface area contributed by atoms with Gasteiger partial charge in [0.2, 0.25) is 0 Å². The summed E-state index contributed by atoms with van der Waals surface area (Å²) in [5, 5.41) is 11.6. The minimum absolute atomic E-state index is 0.0767. The van der Waals surface area contributed by atoms with Crippen LogP contribution in [0.1, 0.15) is 22.3 Å². The van der Waals surface area contributed by atoms with Crippen LogP contribution < -0.4 is 0 Å². The number of hydrogen-bond donors (Lipinski definition) is 1. The van der Waals surface area contributed by atoms with Crippen LogP contribution in [0.3, 0.4) is 0 Å². The molecule has 0 saturated carbocycles. The summed E-state index contributed by atoms with van der Waals surface area (Å²) in [4.78, 5) is 18.9. The number of aromatic hydroxyl groups is 1. The molecule has 1 amide bonds. The maximum absolute atomic E-state index is 12.2. The predicted octanol–water partition coefficient (Wildman–Crippen LogP) is 2.51. The van der Waals surface area contributed by atoms with Gasteiger partial charge in [-0.15, -0.1) is 11.3 Å². The van der Waals surface area contributed by atoms with Crippen molar-refractivity contribution < 1.29 is 9.90 Å². The molecule has 2 heterocycles. The van der Waals surface area contributed by atoms with Crippen LogP contribution in [0.5, 0.6) is 5.75 Å². The highest BCUT2D eigenvalue weighted by Crippen LogP contribution is 2.18. The number of rotatable bonds is 4. The van der Waals surface area contributed by atoms with Gasteiger partial charge in [0.1, 0.15) is 5.75 Å². The molecule has 0 aliphatic heterocycles. The highest BCUT2D eigenvalue weighted by Gasteiger charge is 2.19. The summed E-state index contributed by atoms with van der Waals surface area (Å²) in [6.45, 7) is 3.03. The third-order valence-corrected chi connectivity index (χ3v) is 3.45. The molecule has 0 aliphatic carbocycles. The Kier molecular flexibility index (Phi) is 3.94. The Hall–Kier alpha value is -1.88. The van der Waals surface area contributed by atoms with E-state index in [9.17, 15) is 9.90 Å². The number of amides is 1. The lowest BCUT2D eigenvalue weighted by Gasteiger charge is -2.19. The monoisotopic (exact) mass is 262 g/mol. The standard InChI is InChI=1S/C13H14N2O2S/c1-2-15(9-10-5-4-8-18-10)13(17)12-11(16)6-3-7-14-12/h3-8,16H,2,9H2,1H3. The van der Waals surface area contributed by atoms with Crippen molar-refractivity contribution in [3.8, 4) is 5.75 Å². The van der Waals surface area contributed by atoms with Crippen molar-refractivity contribution in [1.82, 2.24) is 9.88 Å². The van der Waals surface area contributed by atoms with Gasteiger partial charge in [-0.05, 0) is 30.5 Å². The van der Waals surface area contributed by atoms with Crippen molar-refractivity contribution in [3.63, 3.8) is 0 Å². The van der Waals surface area contributed by atoms with Gasteiger partial charge < -0.3 is 10.0 Å². The van der Waals surface area contributed by atoms with E-state index in [0.29, 0.717) is 13.1 Å². The van der Waals surface area contributed by atoms with E-state index in [2.05, 4.69) is 4.98 Å². The highest BCUT2D eigenvalue weighted by molar-refractivity contribution is 7.09. The molecule has 0 atom stereocenters. The number of hydrogen-bond acceptors (Lipinski definition) is 4. The second-order valence-electron chi connectivity index (χ2n) is 3.77. The zero-order chi connectivity index (χ0) is 13.0. The molecule has 1 N–H and O–H groups in total. The van der Waals surface area contributed by atoms with Crippen LogP contribution in [0.4, 0.5) is 0 Å². The topological polar surface area (TPSA) is 53.4 Å². The van der Waals surface area contributed by atoms with Gasteiger partial charge in [0.25, 0.3) is 5.91 Å². The van der Waals surface area contributed by atoms with Crippen LogP contribution >= 0.6 is 11.3 Å². The average molecular weight is 262 g/mol. The van der Waals surface area contributed by atoms with Crippen molar-refractivity contribution >= 4 is 17.2 Å². The molecular weight excluding hydrogens is 248 g/mol. The van der Waals surface area contributed by atoms with E-state index >= 15 is 0 Å². The number of carbonyl (C=O) groups is 1. The van der Waals surface area contributed by atoms with Crippen LogP contribution in [0.2, 0.25) is 0 Å². The first-order valence-corrected chi connectivity index (χ1v) is 6.56. The summed E-state index contributed by atoms with van der Waals surface area (Å²) in [5.74, 6) is -0.323. The Labute approximate surface area is 110 Å². The fourth-order valence-corrected chi connectivity index (χ4v) is 2.35. The third kappa shape index (κ3) is 2.68. The smallest absolute Gasteiger partial charge is 0.276 e. The minimum atomic E-state index is -0.246.